The normalized spacial score (nSPS) is 33.6. The summed E-state index contributed by atoms with van der Waals surface area (Å²) >= 11 is 0. The van der Waals surface area contributed by atoms with E-state index in [-0.39, 0.29) is 45.7 Å². The molecule has 1 saturated carbocycles. The van der Waals surface area contributed by atoms with Crippen LogP contribution in [0.1, 0.15) is 59.4 Å². The SMILES string of the molecule is CC(=O)Nc1cc(COC(=O)NC2CC(OC3C[C@](O)(C(=O)CO)CC4=C(O)C5C(=O)c6ccccc6C(=O)C5C(O)=C43)OC(C)C2O)ccc1OC1OC(C(=O)O)C(O)C(O)C1O. The van der Waals surface area contributed by atoms with Crippen molar-refractivity contribution >= 4 is 41.0 Å². The van der Waals surface area contributed by atoms with Gasteiger partial charge in [-0.25, -0.2) is 9.59 Å². The molecule has 344 valence electrons. The van der Waals surface area contributed by atoms with Crippen molar-refractivity contribution in [3.8, 4) is 5.75 Å². The van der Waals surface area contributed by atoms with Crippen LogP contribution >= 0.6 is 0 Å². The number of alkyl carbamates (subject to hydrolysis) is 1. The number of rotatable bonds is 11. The Morgan fingerprint density at radius 2 is 1.55 bits per heavy atom. The van der Waals surface area contributed by atoms with Crippen LogP contribution in [0.2, 0.25) is 0 Å². The summed E-state index contributed by atoms with van der Waals surface area (Å²) in [6.07, 6.45) is -17.5. The number of hydrogen-bond donors (Lipinski definition) is 11. The number of anilines is 1. The summed E-state index contributed by atoms with van der Waals surface area (Å²) < 4.78 is 28.2. The van der Waals surface area contributed by atoms with Crippen molar-refractivity contribution in [2.45, 2.75) is 107 Å². The molecule has 13 atom stereocenters. The van der Waals surface area contributed by atoms with Crippen molar-refractivity contribution in [2.75, 3.05) is 11.9 Å². The highest BCUT2D eigenvalue weighted by Crippen LogP contribution is 2.51. The van der Waals surface area contributed by atoms with Crippen LogP contribution in [-0.2, 0) is 39.9 Å². The topological polar surface area (TPSA) is 355 Å². The van der Waals surface area contributed by atoms with Gasteiger partial charge < -0.3 is 80.3 Å². The van der Waals surface area contributed by atoms with Gasteiger partial charge in [0.25, 0.3) is 0 Å². The van der Waals surface area contributed by atoms with Gasteiger partial charge in [-0.1, -0.05) is 30.3 Å². The number of Topliss-reactive ketones (excluding diaryl/α,β-unsaturated/α-hetero) is 3. The zero-order chi connectivity index (χ0) is 46.5. The van der Waals surface area contributed by atoms with Gasteiger partial charge in [0.2, 0.25) is 12.2 Å². The Morgan fingerprint density at radius 3 is 2.17 bits per heavy atom. The molecule has 3 fully saturated rings. The molecule has 0 aromatic heterocycles. The standard InChI is InChI=1S/C42H46N2O20/c1-15-30(48)22(44-41(58)60-14-17-7-8-23(21(9-17)43-16(2)46)63-40-37(55)35(53)36(54)38(64-40)39(56)57)10-26(61-15)62-24-12-42(59,25(47)13-45)11-20-27(24)34(52)29-28(33(20)51)31(49)18-5-3-4-6-19(18)32(29)50/h3-9,15,22,24,26,28-30,35-38,40,45,48,51-55,59H,10-14H2,1-2H3,(H,43,46)(H,44,58)(H,56,57)/t15?,22?,24?,26?,28?,29?,30?,35?,36?,37?,38?,40?,42-/m0/s1. The van der Waals surface area contributed by atoms with Gasteiger partial charge in [0.05, 0.1) is 35.8 Å². The van der Waals surface area contributed by atoms with Gasteiger partial charge in [0.1, 0.15) is 60.5 Å². The molecule has 0 bridgehead atoms. The largest absolute Gasteiger partial charge is 0.511 e. The fourth-order valence-electron chi connectivity index (χ4n) is 8.69. The molecule has 7 rings (SSSR count). The Balaban J connectivity index is 1.06. The van der Waals surface area contributed by atoms with E-state index in [0.717, 1.165) is 6.92 Å². The van der Waals surface area contributed by atoms with Crippen LogP contribution in [0.3, 0.4) is 0 Å². The number of aliphatic carboxylic acids is 1. The monoisotopic (exact) mass is 898 g/mol. The van der Waals surface area contributed by atoms with Gasteiger partial charge in [0, 0.05) is 48.5 Å². The number of amides is 2. The average Bonchev–Trinajstić information content (AvgIpc) is 3.25. The lowest BCUT2D eigenvalue weighted by Gasteiger charge is -2.46. The maximum atomic E-state index is 13.8. The number of benzene rings is 2. The first-order valence-corrected chi connectivity index (χ1v) is 20.1. The molecule has 22 heteroatoms. The lowest BCUT2D eigenvalue weighted by Crippen LogP contribution is -2.61. The second-order valence-corrected chi connectivity index (χ2v) is 16.2. The minimum Gasteiger partial charge on any atom is -0.511 e. The van der Waals surface area contributed by atoms with E-state index in [1.165, 1.54) is 49.4 Å². The number of carbonyl (C=O) groups excluding carboxylic acids is 5. The number of aliphatic hydroxyl groups excluding tert-OH is 7. The van der Waals surface area contributed by atoms with E-state index >= 15 is 0 Å². The number of ether oxygens (including phenoxy) is 5. The number of aliphatic hydroxyl groups is 8. The van der Waals surface area contributed by atoms with E-state index in [2.05, 4.69) is 10.6 Å². The number of nitrogens with one attached hydrogen (secondary N) is 2. The summed E-state index contributed by atoms with van der Waals surface area (Å²) in [6, 6.07) is 8.67. The number of carboxylic acid groups (broad SMARTS) is 1. The molecule has 11 N–H and O–H groups in total. The van der Waals surface area contributed by atoms with Crippen LogP contribution in [0.4, 0.5) is 10.5 Å². The lowest BCUT2D eigenvalue weighted by atomic mass is 9.63. The molecule has 0 spiro atoms. The van der Waals surface area contributed by atoms with Crippen molar-refractivity contribution in [1.29, 1.82) is 0 Å². The Kier molecular flexibility index (Phi) is 13.0. The first-order valence-electron chi connectivity index (χ1n) is 20.1. The van der Waals surface area contributed by atoms with E-state index in [4.69, 9.17) is 23.7 Å². The fraction of sp³-hybridized carbons (Fsp3) is 0.476. The molecule has 2 aliphatic heterocycles. The first-order chi connectivity index (χ1) is 30.2. The summed E-state index contributed by atoms with van der Waals surface area (Å²) in [5.74, 6) is -9.27. The van der Waals surface area contributed by atoms with Crippen LogP contribution in [-0.4, -0.2) is 155 Å². The number of carboxylic acids is 1. The van der Waals surface area contributed by atoms with E-state index < -0.39 is 152 Å². The Bertz CT molecular complexity index is 2310. The van der Waals surface area contributed by atoms with E-state index in [9.17, 15) is 74.7 Å². The van der Waals surface area contributed by atoms with Crippen LogP contribution in [0.15, 0.2) is 65.1 Å². The zero-order valence-corrected chi connectivity index (χ0v) is 34.0. The Hall–Kier alpha value is -5.82. The van der Waals surface area contributed by atoms with E-state index in [1.807, 2.05) is 0 Å². The molecule has 2 saturated heterocycles. The average molecular weight is 899 g/mol. The lowest BCUT2D eigenvalue weighted by molar-refractivity contribution is -0.271. The van der Waals surface area contributed by atoms with E-state index in [0.29, 0.717) is 0 Å². The van der Waals surface area contributed by atoms with Crippen molar-refractivity contribution in [3.63, 3.8) is 0 Å². The minimum absolute atomic E-state index is 0.00974. The number of fused-ring (bicyclic) bond motifs is 3. The highest BCUT2D eigenvalue weighted by Gasteiger charge is 2.56. The molecule has 2 aromatic rings. The zero-order valence-electron chi connectivity index (χ0n) is 34.0. The van der Waals surface area contributed by atoms with Gasteiger partial charge in [-0.3, -0.25) is 19.2 Å². The molecule has 12 unspecified atom stereocenters. The third-order valence-electron chi connectivity index (χ3n) is 11.9. The molecule has 5 aliphatic rings. The fourth-order valence-corrected chi connectivity index (χ4v) is 8.69. The quantitative estimate of drug-likeness (QED) is 0.134. The highest BCUT2D eigenvalue weighted by molar-refractivity contribution is 6.18. The van der Waals surface area contributed by atoms with Crippen LogP contribution in [0.25, 0.3) is 0 Å². The number of allylic oxidation sites excluding steroid dienone is 2. The summed E-state index contributed by atoms with van der Waals surface area (Å²) in [5, 5.41) is 101. The van der Waals surface area contributed by atoms with Crippen LogP contribution in [0.5, 0.6) is 5.75 Å². The first kappa shape index (κ1) is 46.2. The number of hydrogen-bond acceptors (Lipinski definition) is 19. The van der Waals surface area contributed by atoms with Crippen LogP contribution in [0, 0.1) is 11.8 Å². The van der Waals surface area contributed by atoms with Gasteiger partial charge >= 0.3 is 12.1 Å². The smallest absolute Gasteiger partial charge is 0.407 e. The predicted molar refractivity (Wildman–Crippen MR) is 210 cm³/mol. The summed E-state index contributed by atoms with van der Waals surface area (Å²) in [7, 11) is 0. The van der Waals surface area contributed by atoms with Gasteiger partial charge in [-0.2, -0.15) is 0 Å². The molecule has 3 aliphatic carbocycles. The molecule has 0 radical (unpaired) electrons. The third-order valence-corrected chi connectivity index (χ3v) is 11.9. The third kappa shape index (κ3) is 8.58. The second kappa shape index (κ2) is 18.0. The van der Waals surface area contributed by atoms with Crippen LogP contribution < -0.4 is 15.4 Å². The molecular weight excluding hydrogens is 852 g/mol. The number of carbonyl (C=O) groups is 6. The minimum atomic E-state index is -2.38. The molecule has 64 heavy (non-hydrogen) atoms. The molecular formula is C42H46N2O20. The second-order valence-electron chi connectivity index (χ2n) is 16.2. The molecule has 22 nitrogen and oxygen atoms in total. The Labute approximate surface area is 362 Å². The van der Waals surface area contributed by atoms with Crippen molar-refractivity contribution in [1.82, 2.24) is 5.32 Å². The predicted octanol–water partition coefficient (Wildman–Crippen LogP) is -0.572. The van der Waals surface area contributed by atoms with Gasteiger partial charge in [0.15, 0.2) is 29.7 Å². The summed E-state index contributed by atoms with van der Waals surface area (Å²) in [4.78, 5) is 77.1. The van der Waals surface area contributed by atoms with Crippen molar-refractivity contribution in [2.24, 2.45) is 11.8 Å². The Morgan fingerprint density at radius 1 is 0.891 bits per heavy atom. The summed E-state index contributed by atoms with van der Waals surface area (Å²) in [5.41, 5.74) is -2.57. The van der Waals surface area contributed by atoms with Gasteiger partial charge in [-0.15, -0.1) is 0 Å². The highest BCUT2D eigenvalue weighted by atomic mass is 16.7. The van der Waals surface area contributed by atoms with Crippen molar-refractivity contribution in [3.05, 3.63) is 81.8 Å². The summed E-state index contributed by atoms with van der Waals surface area (Å²) in [6.45, 7) is 1.05. The maximum absolute atomic E-state index is 13.8. The van der Waals surface area contributed by atoms with Crippen molar-refractivity contribution < 1.29 is 98.4 Å². The molecule has 2 heterocycles. The maximum Gasteiger partial charge on any atom is 0.407 e. The number of ketones is 3. The van der Waals surface area contributed by atoms with E-state index in [1.54, 1.807) is 0 Å². The molecule has 2 amide bonds. The van der Waals surface area contributed by atoms with Gasteiger partial charge in [-0.05, 0) is 24.6 Å². The molecule has 2 aromatic carbocycles.